The van der Waals surface area contributed by atoms with Crippen LogP contribution in [0.4, 0.5) is 0 Å². The van der Waals surface area contributed by atoms with Gasteiger partial charge < -0.3 is 18.9 Å². The van der Waals surface area contributed by atoms with Crippen molar-refractivity contribution < 1.29 is 23.7 Å². The Labute approximate surface area is 153 Å². The monoisotopic (exact) mass is 354 g/mol. The van der Waals surface area contributed by atoms with E-state index in [1.165, 1.54) is 7.11 Å². The third-order valence-electron chi connectivity index (χ3n) is 4.00. The number of fused-ring (bicyclic) bond motifs is 1. The Morgan fingerprint density at radius 1 is 1.12 bits per heavy atom. The quantitative estimate of drug-likeness (QED) is 0.728. The Balaban J connectivity index is 1.82. The average molecular weight is 354 g/mol. The second-order valence-corrected chi connectivity index (χ2v) is 6.49. The number of ether oxygens (including phenoxy) is 4. The highest BCUT2D eigenvalue weighted by atomic mass is 16.7. The highest BCUT2D eigenvalue weighted by molar-refractivity contribution is 5.98. The van der Waals surface area contributed by atoms with Gasteiger partial charge in [-0.3, -0.25) is 0 Å². The first-order chi connectivity index (χ1) is 12.4. The van der Waals surface area contributed by atoms with Gasteiger partial charge in [0.25, 0.3) is 0 Å². The van der Waals surface area contributed by atoms with E-state index in [0.717, 1.165) is 5.56 Å². The molecule has 26 heavy (non-hydrogen) atoms. The summed E-state index contributed by atoms with van der Waals surface area (Å²) in [6.07, 6.45) is 0. The molecule has 1 aliphatic rings. The molecule has 5 nitrogen and oxygen atoms in total. The standard InChI is InChI=1S/C21H22O5/c1-14(12-24-13-15-8-6-5-7-9-15)16-10-11-17(23-4)18-19(16)25-21(2,3)26-20(18)22/h5-11H,1,12-13H2,2-4H3. The van der Waals surface area contributed by atoms with E-state index >= 15 is 0 Å². The van der Waals surface area contributed by atoms with Crippen LogP contribution in [0.5, 0.6) is 11.5 Å². The summed E-state index contributed by atoms with van der Waals surface area (Å²) in [6.45, 7) is 8.26. The van der Waals surface area contributed by atoms with E-state index in [4.69, 9.17) is 18.9 Å². The molecule has 0 radical (unpaired) electrons. The Bertz CT molecular complexity index is 824. The molecule has 2 aromatic rings. The fraction of sp³-hybridized carbons (Fsp3) is 0.286. The molecule has 1 aliphatic heterocycles. The molecule has 0 fully saturated rings. The van der Waals surface area contributed by atoms with Gasteiger partial charge in [-0.1, -0.05) is 36.9 Å². The summed E-state index contributed by atoms with van der Waals surface area (Å²) in [7, 11) is 1.50. The van der Waals surface area contributed by atoms with Crippen LogP contribution in [-0.4, -0.2) is 25.5 Å². The minimum Gasteiger partial charge on any atom is -0.496 e. The van der Waals surface area contributed by atoms with Crippen LogP contribution in [0.3, 0.4) is 0 Å². The maximum atomic E-state index is 12.4. The molecule has 0 unspecified atom stereocenters. The van der Waals surface area contributed by atoms with Crippen molar-refractivity contribution in [2.75, 3.05) is 13.7 Å². The highest BCUT2D eigenvalue weighted by Crippen LogP contribution is 2.41. The Morgan fingerprint density at radius 3 is 2.54 bits per heavy atom. The van der Waals surface area contributed by atoms with Crippen LogP contribution in [0, 0.1) is 0 Å². The molecule has 1 heterocycles. The van der Waals surface area contributed by atoms with Crippen LogP contribution in [0.2, 0.25) is 0 Å². The van der Waals surface area contributed by atoms with Crippen molar-refractivity contribution in [3.05, 3.63) is 65.7 Å². The largest absolute Gasteiger partial charge is 0.496 e. The van der Waals surface area contributed by atoms with Crippen LogP contribution in [-0.2, 0) is 16.1 Å². The van der Waals surface area contributed by atoms with Gasteiger partial charge in [-0.15, -0.1) is 0 Å². The molecule has 5 heteroatoms. The molecule has 136 valence electrons. The van der Waals surface area contributed by atoms with E-state index in [2.05, 4.69) is 6.58 Å². The number of esters is 1. The summed E-state index contributed by atoms with van der Waals surface area (Å²) < 4.78 is 22.3. The Morgan fingerprint density at radius 2 is 1.85 bits per heavy atom. The summed E-state index contributed by atoms with van der Waals surface area (Å²) >= 11 is 0. The summed E-state index contributed by atoms with van der Waals surface area (Å²) in [5, 5.41) is 0. The molecule has 2 aromatic carbocycles. The average Bonchev–Trinajstić information content (AvgIpc) is 2.60. The molecule has 0 aromatic heterocycles. The summed E-state index contributed by atoms with van der Waals surface area (Å²) in [4.78, 5) is 12.4. The van der Waals surface area contributed by atoms with Crippen molar-refractivity contribution in [3.63, 3.8) is 0 Å². The molecule has 3 rings (SSSR count). The molecule has 0 amide bonds. The summed E-state index contributed by atoms with van der Waals surface area (Å²) in [6, 6.07) is 13.4. The third kappa shape index (κ3) is 3.73. The van der Waals surface area contributed by atoms with Crippen molar-refractivity contribution in [3.8, 4) is 11.5 Å². The van der Waals surface area contributed by atoms with Crippen LogP contribution in [0.1, 0.15) is 35.3 Å². The third-order valence-corrected chi connectivity index (χ3v) is 4.00. The molecule has 0 atom stereocenters. The van der Waals surface area contributed by atoms with Crippen LogP contribution in [0.15, 0.2) is 49.0 Å². The topological polar surface area (TPSA) is 54.0 Å². The van der Waals surface area contributed by atoms with Crippen LogP contribution >= 0.6 is 0 Å². The number of methoxy groups -OCH3 is 1. The lowest BCUT2D eigenvalue weighted by Crippen LogP contribution is -2.39. The minimum atomic E-state index is -1.06. The lowest BCUT2D eigenvalue weighted by atomic mass is 10.0. The Hall–Kier alpha value is -2.79. The normalized spacial score (nSPS) is 14.8. The van der Waals surface area contributed by atoms with Gasteiger partial charge in [-0.25, -0.2) is 4.79 Å². The first kappa shape index (κ1) is 18.0. The maximum Gasteiger partial charge on any atom is 0.349 e. The van der Waals surface area contributed by atoms with Gasteiger partial charge in [-0.2, -0.15) is 0 Å². The predicted molar refractivity (Wildman–Crippen MR) is 98.2 cm³/mol. The number of carbonyl (C=O) groups excluding carboxylic acids is 1. The van der Waals surface area contributed by atoms with Gasteiger partial charge in [0.2, 0.25) is 5.79 Å². The Kier molecular flexibility index (Phi) is 5.00. The van der Waals surface area contributed by atoms with Gasteiger partial charge in [0.05, 0.1) is 20.3 Å². The lowest BCUT2D eigenvalue weighted by Gasteiger charge is -2.33. The molecule has 0 spiro atoms. The predicted octanol–water partition coefficient (Wildman–Crippen LogP) is 4.21. The van der Waals surface area contributed by atoms with Crippen molar-refractivity contribution in [2.45, 2.75) is 26.2 Å². The van der Waals surface area contributed by atoms with E-state index in [0.29, 0.717) is 35.8 Å². The fourth-order valence-corrected chi connectivity index (χ4v) is 2.80. The number of cyclic esters (lactones) is 1. The first-order valence-corrected chi connectivity index (χ1v) is 8.34. The molecule has 0 N–H and O–H groups in total. The number of rotatable bonds is 6. The second kappa shape index (κ2) is 7.22. The van der Waals surface area contributed by atoms with Crippen molar-refractivity contribution >= 4 is 11.5 Å². The van der Waals surface area contributed by atoms with Crippen LogP contribution < -0.4 is 9.47 Å². The fourth-order valence-electron chi connectivity index (χ4n) is 2.80. The van der Waals surface area contributed by atoms with Gasteiger partial charge in [-0.05, 0) is 23.3 Å². The molecule has 0 aliphatic carbocycles. The van der Waals surface area contributed by atoms with Gasteiger partial charge in [0, 0.05) is 19.4 Å². The van der Waals surface area contributed by atoms with Crippen molar-refractivity contribution in [2.24, 2.45) is 0 Å². The van der Waals surface area contributed by atoms with Crippen molar-refractivity contribution in [1.82, 2.24) is 0 Å². The zero-order valence-corrected chi connectivity index (χ0v) is 15.2. The molecular formula is C21H22O5. The number of benzene rings is 2. The summed E-state index contributed by atoms with van der Waals surface area (Å²) in [5.74, 6) is -0.717. The molecule has 0 bridgehead atoms. The van der Waals surface area contributed by atoms with Crippen LogP contribution in [0.25, 0.3) is 5.57 Å². The zero-order chi connectivity index (χ0) is 18.7. The van der Waals surface area contributed by atoms with Crippen molar-refractivity contribution in [1.29, 1.82) is 0 Å². The highest BCUT2D eigenvalue weighted by Gasteiger charge is 2.38. The van der Waals surface area contributed by atoms with Gasteiger partial charge in [0.15, 0.2) is 0 Å². The summed E-state index contributed by atoms with van der Waals surface area (Å²) in [5.41, 5.74) is 2.77. The minimum absolute atomic E-state index is 0.272. The maximum absolute atomic E-state index is 12.4. The van der Waals surface area contributed by atoms with E-state index in [-0.39, 0.29) is 5.56 Å². The number of hydrogen-bond donors (Lipinski definition) is 0. The zero-order valence-electron chi connectivity index (χ0n) is 15.2. The number of hydrogen-bond acceptors (Lipinski definition) is 5. The number of carbonyl (C=O) groups is 1. The van der Waals surface area contributed by atoms with Gasteiger partial charge >= 0.3 is 5.97 Å². The van der Waals surface area contributed by atoms with E-state index < -0.39 is 11.8 Å². The smallest absolute Gasteiger partial charge is 0.349 e. The van der Waals surface area contributed by atoms with Gasteiger partial charge in [0.1, 0.15) is 17.1 Å². The molecule has 0 saturated heterocycles. The second-order valence-electron chi connectivity index (χ2n) is 6.49. The first-order valence-electron chi connectivity index (χ1n) is 8.34. The molecular weight excluding hydrogens is 332 g/mol. The SMILES string of the molecule is C=C(COCc1ccccc1)c1ccc(OC)c2c1OC(C)(C)OC2=O. The van der Waals surface area contributed by atoms with E-state index in [1.54, 1.807) is 19.9 Å². The molecule has 0 saturated carbocycles. The van der Waals surface area contributed by atoms with E-state index in [9.17, 15) is 4.79 Å². The lowest BCUT2D eigenvalue weighted by molar-refractivity contribution is -0.127. The van der Waals surface area contributed by atoms with E-state index in [1.807, 2.05) is 36.4 Å².